The first kappa shape index (κ1) is 18.9. The Hall–Kier alpha value is -2.49. The third-order valence-corrected chi connectivity index (χ3v) is 8.05. The van der Waals surface area contributed by atoms with Crippen molar-refractivity contribution < 1.29 is 13.2 Å². The van der Waals surface area contributed by atoms with Gasteiger partial charge in [0.2, 0.25) is 5.91 Å². The molecule has 1 atom stereocenters. The molecule has 7 nitrogen and oxygen atoms in total. The van der Waals surface area contributed by atoms with E-state index in [0.717, 1.165) is 11.3 Å². The van der Waals surface area contributed by atoms with Gasteiger partial charge in [0.1, 0.15) is 4.21 Å². The van der Waals surface area contributed by atoms with Crippen molar-refractivity contribution >= 4 is 33.0 Å². The number of rotatable bonds is 5. The quantitative estimate of drug-likeness (QED) is 0.668. The summed E-state index contributed by atoms with van der Waals surface area (Å²) in [5, 5.41) is 11.5. The standard InChI is InChI=1S/C19H20N4O3S2/c24-19(21-16-7-5-14(6-8-16)17-9-10-20-22-17)15-3-1-11-23(13-15)28(25,26)18-4-2-12-27-18/h2,4-10,12,15H,1,3,11,13H2,(H,20,22)(H,21,24). The van der Waals surface area contributed by atoms with Crippen molar-refractivity contribution in [3.63, 3.8) is 0 Å². The Morgan fingerprint density at radius 1 is 1.21 bits per heavy atom. The van der Waals surface area contributed by atoms with Gasteiger partial charge in [-0.2, -0.15) is 9.40 Å². The Balaban J connectivity index is 1.42. The summed E-state index contributed by atoms with van der Waals surface area (Å²) >= 11 is 1.20. The van der Waals surface area contributed by atoms with Gasteiger partial charge in [0, 0.05) is 25.0 Å². The van der Waals surface area contributed by atoms with Crippen LogP contribution in [0.1, 0.15) is 12.8 Å². The maximum Gasteiger partial charge on any atom is 0.252 e. The number of benzene rings is 1. The lowest BCUT2D eigenvalue weighted by Gasteiger charge is -2.30. The highest BCUT2D eigenvalue weighted by Crippen LogP contribution is 2.27. The number of hydrogen-bond donors (Lipinski definition) is 2. The van der Waals surface area contributed by atoms with Crippen molar-refractivity contribution in [2.24, 2.45) is 5.92 Å². The van der Waals surface area contributed by atoms with Crippen molar-refractivity contribution in [3.8, 4) is 11.3 Å². The van der Waals surface area contributed by atoms with Gasteiger partial charge in [-0.15, -0.1) is 11.3 Å². The zero-order chi connectivity index (χ0) is 19.6. The molecule has 9 heteroatoms. The number of nitrogens with zero attached hydrogens (tertiary/aromatic N) is 2. The van der Waals surface area contributed by atoms with Crippen molar-refractivity contribution in [2.75, 3.05) is 18.4 Å². The zero-order valence-corrected chi connectivity index (χ0v) is 16.7. The summed E-state index contributed by atoms with van der Waals surface area (Å²) in [6.45, 7) is 0.654. The number of carbonyl (C=O) groups excluding carboxylic acids is 1. The van der Waals surface area contributed by atoms with Gasteiger partial charge in [-0.05, 0) is 48.1 Å². The van der Waals surface area contributed by atoms with E-state index in [4.69, 9.17) is 0 Å². The number of nitrogens with one attached hydrogen (secondary N) is 2. The number of anilines is 1. The number of amides is 1. The Kier molecular flexibility index (Phi) is 5.29. The number of thiophene rings is 1. The fourth-order valence-electron chi connectivity index (χ4n) is 3.31. The summed E-state index contributed by atoms with van der Waals surface area (Å²) in [5.41, 5.74) is 2.56. The topological polar surface area (TPSA) is 95.2 Å². The van der Waals surface area contributed by atoms with E-state index in [2.05, 4.69) is 15.5 Å². The molecule has 0 aliphatic carbocycles. The number of H-pyrrole nitrogens is 1. The molecule has 2 aromatic heterocycles. The van der Waals surface area contributed by atoms with Crippen LogP contribution < -0.4 is 5.32 Å². The molecule has 4 rings (SSSR count). The maximum absolute atomic E-state index is 12.7. The fraction of sp³-hybridized carbons (Fsp3) is 0.263. The van der Waals surface area contributed by atoms with Gasteiger partial charge in [-0.1, -0.05) is 18.2 Å². The summed E-state index contributed by atoms with van der Waals surface area (Å²) in [6, 6.07) is 12.7. The Bertz CT molecular complexity index is 1030. The predicted molar refractivity (Wildman–Crippen MR) is 108 cm³/mol. The molecule has 1 aliphatic heterocycles. The van der Waals surface area contributed by atoms with E-state index >= 15 is 0 Å². The maximum atomic E-state index is 12.7. The van der Waals surface area contributed by atoms with Crippen LogP contribution in [0.3, 0.4) is 0 Å². The molecule has 1 aliphatic rings. The van der Waals surface area contributed by atoms with Gasteiger partial charge < -0.3 is 5.32 Å². The molecular formula is C19H20N4O3S2. The Labute approximate surface area is 167 Å². The molecule has 1 amide bonds. The number of piperidine rings is 1. The molecule has 0 bridgehead atoms. The summed E-state index contributed by atoms with van der Waals surface area (Å²) in [5.74, 6) is -0.517. The smallest absolute Gasteiger partial charge is 0.252 e. The van der Waals surface area contributed by atoms with Crippen LogP contribution in [0.15, 0.2) is 58.3 Å². The van der Waals surface area contributed by atoms with E-state index in [0.29, 0.717) is 29.3 Å². The first-order valence-corrected chi connectivity index (χ1v) is 11.3. The summed E-state index contributed by atoms with van der Waals surface area (Å²) in [4.78, 5) is 12.7. The number of aromatic amines is 1. The summed E-state index contributed by atoms with van der Waals surface area (Å²) < 4.78 is 27.2. The number of aromatic nitrogens is 2. The van der Waals surface area contributed by atoms with Crippen LogP contribution >= 0.6 is 11.3 Å². The predicted octanol–water partition coefficient (Wildman–Crippen LogP) is 3.18. The average molecular weight is 417 g/mol. The number of sulfonamides is 1. The second kappa shape index (κ2) is 7.86. The largest absolute Gasteiger partial charge is 0.326 e. The molecule has 3 heterocycles. The van der Waals surface area contributed by atoms with Crippen LogP contribution in [-0.4, -0.2) is 41.9 Å². The summed E-state index contributed by atoms with van der Waals surface area (Å²) in [6.07, 6.45) is 3.03. The minimum absolute atomic E-state index is 0.152. The third-order valence-electron chi connectivity index (χ3n) is 4.81. The van der Waals surface area contributed by atoms with Crippen molar-refractivity contribution in [3.05, 3.63) is 54.0 Å². The monoisotopic (exact) mass is 416 g/mol. The molecule has 0 spiro atoms. The van der Waals surface area contributed by atoms with Gasteiger partial charge in [-0.3, -0.25) is 9.89 Å². The van der Waals surface area contributed by atoms with E-state index in [9.17, 15) is 13.2 Å². The second-order valence-corrected chi connectivity index (χ2v) is 9.78. The lowest BCUT2D eigenvalue weighted by Crippen LogP contribution is -2.43. The minimum atomic E-state index is -3.53. The lowest BCUT2D eigenvalue weighted by atomic mass is 9.98. The van der Waals surface area contributed by atoms with Crippen LogP contribution in [0.25, 0.3) is 11.3 Å². The van der Waals surface area contributed by atoms with Crippen molar-refractivity contribution in [1.29, 1.82) is 0 Å². The van der Waals surface area contributed by atoms with E-state index in [1.54, 1.807) is 23.7 Å². The van der Waals surface area contributed by atoms with E-state index in [1.165, 1.54) is 15.6 Å². The zero-order valence-electron chi connectivity index (χ0n) is 15.0. The van der Waals surface area contributed by atoms with Gasteiger partial charge >= 0.3 is 0 Å². The molecule has 1 saturated heterocycles. The highest BCUT2D eigenvalue weighted by molar-refractivity contribution is 7.91. The van der Waals surface area contributed by atoms with Crippen LogP contribution in [0.5, 0.6) is 0 Å². The fourth-order valence-corrected chi connectivity index (χ4v) is 5.97. The van der Waals surface area contributed by atoms with Crippen LogP contribution in [-0.2, 0) is 14.8 Å². The lowest BCUT2D eigenvalue weighted by molar-refractivity contribution is -0.120. The second-order valence-electron chi connectivity index (χ2n) is 6.67. The van der Waals surface area contributed by atoms with E-state index < -0.39 is 10.0 Å². The molecule has 1 aromatic carbocycles. The van der Waals surface area contributed by atoms with E-state index in [1.807, 2.05) is 30.3 Å². The van der Waals surface area contributed by atoms with Gasteiger partial charge in [0.25, 0.3) is 10.0 Å². The Morgan fingerprint density at radius 2 is 2.04 bits per heavy atom. The first-order valence-electron chi connectivity index (χ1n) is 8.98. The average Bonchev–Trinajstić information content (AvgIpc) is 3.43. The Morgan fingerprint density at radius 3 is 2.71 bits per heavy atom. The van der Waals surface area contributed by atoms with Crippen LogP contribution in [0, 0.1) is 5.92 Å². The normalized spacial score (nSPS) is 18.1. The highest BCUT2D eigenvalue weighted by atomic mass is 32.2. The molecule has 1 fully saturated rings. The van der Waals surface area contributed by atoms with Crippen molar-refractivity contribution in [1.82, 2.24) is 14.5 Å². The number of hydrogen-bond acceptors (Lipinski definition) is 5. The van der Waals surface area contributed by atoms with Crippen molar-refractivity contribution in [2.45, 2.75) is 17.1 Å². The molecule has 0 radical (unpaired) electrons. The molecule has 2 N–H and O–H groups in total. The van der Waals surface area contributed by atoms with Crippen LogP contribution in [0.4, 0.5) is 5.69 Å². The minimum Gasteiger partial charge on any atom is -0.326 e. The molecule has 28 heavy (non-hydrogen) atoms. The summed E-state index contributed by atoms with van der Waals surface area (Å²) in [7, 11) is -3.53. The molecule has 1 unspecified atom stereocenters. The SMILES string of the molecule is O=C(Nc1ccc(-c2ccn[nH]2)cc1)C1CCCN(S(=O)(=O)c2cccs2)C1. The molecule has 0 saturated carbocycles. The van der Waals surface area contributed by atoms with Gasteiger partial charge in [0.05, 0.1) is 11.6 Å². The first-order chi connectivity index (χ1) is 13.5. The molecular weight excluding hydrogens is 396 g/mol. The van der Waals surface area contributed by atoms with E-state index in [-0.39, 0.29) is 18.4 Å². The number of carbonyl (C=O) groups is 1. The van der Waals surface area contributed by atoms with Crippen LogP contribution in [0.2, 0.25) is 0 Å². The highest BCUT2D eigenvalue weighted by Gasteiger charge is 2.33. The molecule has 3 aromatic rings. The van der Waals surface area contributed by atoms with Gasteiger partial charge in [-0.25, -0.2) is 8.42 Å². The molecule has 146 valence electrons. The third kappa shape index (κ3) is 3.87. The van der Waals surface area contributed by atoms with Gasteiger partial charge in [0.15, 0.2) is 0 Å².